The lowest BCUT2D eigenvalue weighted by Gasteiger charge is -2.28. The van der Waals surface area contributed by atoms with Crippen LogP contribution in [0.4, 0.5) is 0 Å². The van der Waals surface area contributed by atoms with Crippen molar-refractivity contribution in [2.75, 3.05) is 13.6 Å². The first-order valence-electron chi connectivity index (χ1n) is 5.47. The van der Waals surface area contributed by atoms with Crippen LogP contribution in [-0.4, -0.2) is 18.5 Å². The number of benzene rings is 1. The van der Waals surface area contributed by atoms with Crippen LogP contribution in [0.2, 0.25) is 0 Å². The van der Waals surface area contributed by atoms with Gasteiger partial charge >= 0.3 is 0 Å². The SMILES string of the molecule is CC(C)c1cccc2c1CN(C)CC2. The van der Waals surface area contributed by atoms with E-state index in [2.05, 4.69) is 44.0 Å². The molecule has 0 saturated heterocycles. The fourth-order valence-electron chi connectivity index (χ4n) is 2.28. The molecule has 1 nitrogen and oxygen atoms in total. The molecule has 0 amide bonds. The number of rotatable bonds is 1. The summed E-state index contributed by atoms with van der Waals surface area (Å²) >= 11 is 0. The molecule has 0 spiro atoms. The van der Waals surface area contributed by atoms with Gasteiger partial charge in [0, 0.05) is 13.1 Å². The summed E-state index contributed by atoms with van der Waals surface area (Å²) in [7, 11) is 2.21. The zero-order valence-corrected chi connectivity index (χ0v) is 9.38. The summed E-state index contributed by atoms with van der Waals surface area (Å²) in [6, 6.07) is 6.77. The van der Waals surface area contributed by atoms with Gasteiger partial charge in [-0.2, -0.15) is 0 Å². The zero-order chi connectivity index (χ0) is 10.1. The minimum Gasteiger partial charge on any atom is -0.302 e. The van der Waals surface area contributed by atoms with Crippen molar-refractivity contribution in [1.29, 1.82) is 0 Å². The minimum absolute atomic E-state index is 0.649. The van der Waals surface area contributed by atoms with E-state index in [0.29, 0.717) is 5.92 Å². The van der Waals surface area contributed by atoms with Gasteiger partial charge in [0.2, 0.25) is 0 Å². The van der Waals surface area contributed by atoms with Crippen LogP contribution in [0.3, 0.4) is 0 Å². The lowest BCUT2D eigenvalue weighted by atomic mass is 9.90. The van der Waals surface area contributed by atoms with Crippen LogP contribution in [-0.2, 0) is 13.0 Å². The molecule has 1 aliphatic heterocycles. The largest absolute Gasteiger partial charge is 0.302 e. The maximum Gasteiger partial charge on any atom is 0.0236 e. The summed E-state index contributed by atoms with van der Waals surface area (Å²) in [4.78, 5) is 2.41. The molecule has 1 aliphatic rings. The van der Waals surface area contributed by atoms with Crippen LogP contribution in [0.1, 0.15) is 36.5 Å². The van der Waals surface area contributed by atoms with Crippen molar-refractivity contribution in [3.05, 3.63) is 34.9 Å². The van der Waals surface area contributed by atoms with Crippen molar-refractivity contribution in [1.82, 2.24) is 4.90 Å². The summed E-state index contributed by atoms with van der Waals surface area (Å²) in [6.45, 7) is 6.90. The zero-order valence-electron chi connectivity index (χ0n) is 9.38. The number of hydrogen-bond acceptors (Lipinski definition) is 1. The average Bonchev–Trinajstić information content (AvgIpc) is 2.16. The average molecular weight is 189 g/mol. The molecule has 1 aromatic carbocycles. The first kappa shape index (κ1) is 9.72. The molecule has 0 fully saturated rings. The van der Waals surface area contributed by atoms with E-state index in [1.54, 1.807) is 11.1 Å². The summed E-state index contributed by atoms with van der Waals surface area (Å²) < 4.78 is 0. The predicted molar refractivity (Wildman–Crippen MR) is 60.6 cm³/mol. The Hall–Kier alpha value is -0.820. The lowest BCUT2D eigenvalue weighted by molar-refractivity contribution is 0.311. The number of fused-ring (bicyclic) bond motifs is 1. The topological polar surface area (TPSA) is 3.24 Å². The van der Waals surface area contributed by atoms with Crippen molar-refractivity contribution in [2.45, 2.75) is 32.7 Å². The fourth-order valence-corrected chi connectivity index (χ4v) is 2.28. The molecule has 0 saturated carbocycles. The monoisotopic (exact) mass is 189 g/mol. The van der Waals surface area contributed by atoms with E-state index in [4.69, 9.17) is 0 Å². The summed E-state index contributed by atoms with van der Waals surface area (Å²) in [5.74, 6) is 0.649. The Bertz CT molecular complexity index is 328. The molecule has 0 bridgehead atoms. The molecule has 0 aromatic heterocycles. The Balaban J connectivity index is 2.43. The fraction of sp³-hybridized carbons (Fsp3) is 0.538. The molecule has 0 aliphatic carbocycles. The summed E-state index contributed by atoms with van der Waals surface area (Å²) in [5.41, 5.74) is 4.68. The highest BCUT2D eigenvalue weighted by atomic mass is 15.1. The molecule has 76 valence electrons. The Kier molecular flexibility index (Phi) is 2.60. The predicted octanol–water partition coefficient (Wildman–Crippen LogP) is 2.80. The number of hydrogen-bond donors (Lipinski definition) is 0. The van der Waals surface area contributed by atoms with Gasteiger partial charge < -0.3 is 4.90 Å². The molecular formula is C13H19N. The van der Waals surface area contributed by atoms with E-state index in [9.17, 15) is 0 Å². The molecule has 1 heterocycles. The maximum absolute atomic E-state index is 2.41. The van der Waals surface area contributed by atoms with E-state index in [0.717, 1.165) is 6.54 Å². The highest BCUT2D eigenvalue weighted by Crippen LogP contribution is 2.26. The molecule has 2 rings (SSSR count). The van der Waals surface area contributed by atoms with Crippen LogP contribution in [0, 0.1) is 0 Å². The van der Waals surface area contributed by atoms with Crippen LogP contribution in [0.25, 0.3) is 0 Å². The van der Waals surface area contributed by atoms with Gasteiger partial charge in [-0.15, -0.1) is 0 Å². The first-order chi connectivity index (χ1) is 6.68. The van der Waals surface area contributed by atoms with Crippen LogP contribution in [0.5, 0.6) is 0 Å². The Morgan fingerprint density at radius 3 is 2.79 bits per heavy atom. The lowest BCUT2D eigenvalue weighted by Crippen LogP contribution is -2.27. The smallest absolute Gasteiger partial charge is 0.0236 e. The van der Waals surface area contributed by atoms with Crippen LogP contribution in [0.15, 0.2) is 18.2 Å². The summed E-state index contributed by atoms with van der Waals surface area (Å²) in [5, 5.41) is 0. The molecule has 0 unspecified atom stereocenters. The van der Waals surface area contributed by atoms with E-state index >= 15 is 0 Å². The summed E-state index contributed by atoms with van der Waals surface area (Å²) in [6.07, 6.45) is 1.21. The van der Waals surface area contributed by atoms with Gasteiger partial charge in [-0.25, -0.2) is 0 Å². The standard InChI is InChI=1S/C13H19N/c1-10(2)12-6-4-5-11-7-8-14(3)9-13(11)12/h4-6,10H,7-9H2,1-3H3. The van der Waals surface area contributed by atoms with Gasteiger partial charge in [-0.1, -0.05) is 32.0 Å². The normalized spacial score (nSPS) is 17.1. The van der Waals surface area contributed by atoms with Crippen LogP contribution < -0.4 is 0 Å². The highest BCUT2D eigenvalue weighted by Gasteiger charge is 2.16. The highest BCUT2D eigenvalue weighted by molar-refractivity contribution is 5.38. The number of nitrogens with zero attached hydrogens (tertiary/aromatic N) is 1. The molecule has 14 heavy (non-hydrogen) atoms. The second kappa shape index (κ2) is 3.74. The third-order valence-corrected chi connectivity index (χ3v) is 3.12. The Labute approximate surface area is 86.7 Å². The van der Waals surface area contributed by atoms with Crippen molar-refractivity contribution in [2.24, 2.45) is 0 Å². The van der Waals surface area contributed by atoms with Crippen molar-refractivity contribution < 1.29 is 0 Å². The molecule has 0 radical (unpaired) electrons. The van der Waals surface area contributed by atoms with E-state index < -0.39 is 0 Å². The first-order valence-corrected chi connectivity index (χ1v) is 5.47. The van der Waals surface area contributed by atoms with Gasteiger partial charge in [-0.05, 0) is 36.1 Å². The van der Waals surface area contributed by atoms with Gasteiger partial charge in [0.1, 0.15) is 0 Å². The minimum atomic E-state index is 0.649. The second-order valence-corrected chi connectivity index (χ2v) is 4.63. The third-order valence-electron chi connectivity index (χ3n) is 3.12. The van der Waals surface area contributed by atoms with Crippen LogP contribution >= 0.6 is 0 Å². The van der Waals surface area contributed by atoms with Crippen molar-refractivity contribution >= 4 is 0 Å². The molecular weight excluding hydrogens is 170 g/mol. The van der Waals surface area contributed by atoms with Gasteiger partial charge in [-0.3, -0.25) is 0 Å². The van der Waals surface area contributed by atoms with E-state index in [1.807, 2.05) is 0 Å². The Morgan fingerprint density at radius 2 is 2.07 bits per heavy atom. The van der Waals surface area contributed by atoms with E-state index in [1.165, 1.54) is 18.5 Å². The quantitative estimate of drug-likeness (QED) is 0.656. The third kappa shape index (κ3) is 1.69. The molecule has 0 N–H and O–H groups in total. The van der Waals surface area contributed by atoms with Gasteiger partial charge in [0.05, 0.1) is 0 Å². The second-order valence-electron chi connectivity index (χ2n) is 4.63. The maximum atomic E-state index is 2.41. The van der Waals surface area contributed by atoms with Gasteiger partial charge in [0.15, 0.2) is 0 Å². The molecule has 1 heteroatoms. The molecule has 1 aromatic rings. The van der Waals surface area contributed by atoms with E-state index in [-0.39, 0.29) is 0 Å². The Morgan fingerprint density at radius 1 is 1.29 bits per heavy atom. The molecule has 0 atom stereocenters. The van der Waals surface area contributed by atoms with Crippen molar-refractivity contribution in [3.8, 4) is 0 Å². The number of likely N-dealkylation sites (N-methyl/N-ethyl adjacent to an activating group) is 1. The van der Waals surface area contributed by atoms with Gasteiger partial charge in [0.25, 0.3) is 0 Å². The van der Waals surface area contributed by atoms with Crippen molar-refractivity contribution in [3.63, 3.8) is 0 Å².